The van der Waals surface area contributed by atoms with Crippen molar-refractivity contribution in [1.29, 1.82) is 0 Å². The van der Waals surface area contributed by atoms with Crippen LogP contribution in [0.5, 0.6) is 5.75 Å². The smallest absolute Gasteiger partial charge is 0.232 e. The number of benzene rings is 2. The molecule has 5 nitrogen and oxygen atoms in total. The van der Waals surface area contributed by atoms with E-state index in [1.165, 1.54) is 5.56 Å². The Balaban J connectivity index is 1.51. The molecule has 0 spiro atoms. The summed E-state index contributed by atoms with van der Waals surface area (Å²) in [4.78, 5) is 28.9. The fourth-order valence-electron chi connectivity index (χ4n) is 3.67. The molecule has 0 aromatic heterocycles. The summed E-state index contributed by atoms with van der Waals surface area (Å²) in [7, 11) is 1.61. The molecule has 0 unspecified atom stereocenters. The number of para-hydroxylation sites is 1. The maximum atomic E-state index is 13.0. The molecule has 2 aromatic carbocycles. The lowest BCUT2D eigenvalue weighted by Gasteiger charge is -2.21. The van der Waals surface area contributed by atoms with Gasteiger partial charge in [0.05, 0.1) is 13.0 Å². The van der Waals surface area contributed by atoms with Gasteiger partial charge in [0.25, 0.3) is 0 Å². The molecule has 0 radical (unpaired) electrons. The topological polar surface area (TPSA) is 49.9 Å². The van der Waals surface area contributed by atoms with Crippen molar-refractivity contribution >= 4 is 23.2 Å². The van der Waals surface area contributed by atoms with E-state index in [1.54, 1.807) is 12.0 Å². The summed E-state index contributed by atoms with van der Waals surface area (Å²) >= 11 is 0. The zero-order chi connectivity index (χ0) is 17.4. The number of anilines is 2. The zero-order valence-electron chi connectivity index (χ0n) is 14.1. The van der Waals surface area contributed by atoms with Crippen LogP contribution < -0.4 is 14.5 Å². The first kappa shape index (κ1) is 15.7. The molecule has 1 saturated heterocycles. The molecule has 2 heterocycles. The maximum absolute atomic E-state index is 13.0. The summed E-state index contributed by atoms with van der Waals surface area (Å²) in [5.74, 6) is 0.503. The lowest BCUT2D eigenvalue weighted by atomic mass is 10.1. The van der Waals surface area contributed by atoms with Gasteiger partial charge in [-0.25, -0.2) is 0 Å². The zero-order valence-corrected chi connectivity index (χ0v) is 14.1. The van der Waals surface area contributed by atoms with Crippen molar-refractivity contribution in [2.45, 2.75) is 12.8 Å². The number of amides is 2. The number of rotatable bonds is 3. The SMILES string of the molecule is COc1ccc(N2C[C@@H](C(=O)N3CCc4ccccc43)CC2=O)cc1. The van der Waals surface area contributed by atoms with Crippen LogP contribution in [-0.2, 0) is 16.0 Å². The van der Waals surface area contributed by atoms with Gasteiger partial charge in [0.2, 0.25) is 11.8 Å². The molecule has 25 heavy (non-hydrogen) atoms. The molecule has 0 N–H and O–H groups in total. The molecule has 128 valence electrons. The van der Waals surface area contributed by atoms with Gasteiger partial charge >= 0.3 is 0 Å². The molecule has 2 aliphatic heterocycles. The van der Waals surface area contributed by atoms with E-state index in [0.717, 1.165) is 23.5 Å². The molecule has 0 saturated carbocycles. The average Bonchev–Trinajstić information content (AvgIpc) is 3.25. The van der Waals surface area contributed by atoms with Gasteiger partial charge in [0, 0.05) is 30.9 Å². The number of hydrogen-bond donors (Lipinski definition) is 0. The lowest BCUT2D eigenvalue weighted by molar-refractivity contribution is -0.124. The third-order valence-corrected chi connectivity index (χ3v) is 5.01. The maximum Gasteiger partial charge on any atom is 0.232 e. The van der Waals surface area contributed by atoms with Gasteiger partial charge in [0.1, 0.15) is 5.75 Å². The van der Waals surface area contributed by atoms with Crippen molar-refractivity contribution in [1.82, 2.24) is 0 Å². The second kappa shape index (κ2) is 6.24. The first-order valence-corrected chi connectivity index (χ1v) is 8.51. The fraction of sp³-hybridized carbons (Fsp3) is 0.300. The quantitative estimate of drug-likeness (QED) is 0.866. The Labute approximate surface area is 146 Å². The van der Waals surface area contributed by atoms with E-state index in [4.69, 9.17) is 4.74 Å². The highest BCUT2D eigenvalue weighted by atomic mass is 16.5. The van der Waals surface area contributed by atoms with Crippen LogP contribution in [0.3, 0.4) is 0 Å². The Morgan fingerprint density at radius 1 is 1.12 bits per heavy atom. The Hall–Kier alpha value is -2.82. The van der Waals surface area contributed by atoms with E-state index in [0.29, 0.717) is 13.1 Å². The Kier molecular flexibility index (Phi) is 3.92. The normalized spacial score (nSPS) is 19.2. The summed E-state index contributed by atoms with van der Waals surface area (Å²) < 4.78 is 5.15. The minimum Gasteiger partial charge on any atom is -0.497 e. The van der Waals surface area contributed by atoms with Gasteiger partial charge in [-0.05, 0) is 42.3 Å². The molecule has 0 bridgehead atoms. The number of carbonyl (C=O) groups is 2. The van der Waals surface area contributed by atoms with E-state index in [2.05, 4.69) is 6.07 Å². The van der Waals surface area contributed by atoms with E-state index >= 15 is 0 Å². The van der Waals surface area contributed by atoms with Gasteiger partial charge in [-0.2, -0.15) is 0 Å². The molecule has 1 atom stereocenters. The van der Waals surface area contributed by atoms with Gasteiger partial charge in [-0.3, -0.25) is 9.59 Å². The third kappa shape index (κ3) is 2.76. The van der Waals surface area contributed by atoms with Crippen molar-refractivity contribution in [2.75, 3.05) is 30.0 Å². The van der Waals surface area contributed by atoms with Crippen LogP contribution in [0.2, 0.25) is 0 Å². The summed E-state index contributed by atoms with van der Waals surface area (Å²) in [6.07, 6.45) is 1.15. The van der Waals surface area contributed by atoms with E-state index in [1.807, 2.05) is 47.4 Å². The summed E-state index contributed by atoms with van der Waals surface area (Å²) in [5.41, 5.74) is 3.00. The highest BCUT2D eigenvalue weighted by Gasteiger charge is 2.38. The van der Waals surface area contributed by atoms with E-state index in [-0.39, 0.29) is 24.2 Å². The van der Waals surface area contributed by atoms with Crippen molar-refractivity contribution in [3.05, 3.63) is 54.1 Å². The van der Waals surface area contributed by atoms with Crippen LogP contribution in [-0.4, -0.2) is 32.0 Å². The largest absolute Gasteiger partial charge is 0.497 e. The number of ether oxygens (including phenoxy) is 1. The molecular formula is C20H20N2O3. The third-order valence-electron chi connectivity index (χ3n) is 5.01. The van der Waals surface area contributed by atoms with Crippen LogP contribution >= 0.6 is 0 Å². The number of hydrogen-bond acceptors (Lipinski definition) is 3. The number of carbonyl (C=O) groups excluding carboxylic acids is 2. The van der Waals surface area contributed by atoms with Crippen LogP contribution in [0.25, 0.3) is 0 Å². The van der Waals surface area contributed by atoms with Gasteiger partial charge in [0.15, 0.2) is 0 Å². The Bertz CT molecular complexity index is 816. The molecule has 2 aliphatic rings. The number of methoxy groups -OCH3 is 1. The van der Waals surface area contributed by atoms with E-state index < -0.39 is 0 Å². The average molecular weight is 336 g/mol. The van der Waals surface area contributed by atoms with Gasteiger partial charge in [-0.1, -0.05) is 18.2 Å². The summed E-state index contributed by atoms with van der Waals surface area (Å²) in [6.45, 7) is 1.13. The molecular weight excluding hydrogens is 316 g/mol. The monoisotopic (exact) mass is 336 g/mol. The molecule has 1 fully saturated rings. The van der Waals surface area contributed by atoms with Gasteiger partial charge < -0.3 is 14.5 Å². The standard InChI is InChI=1S/C20H20N2O3/c1-25-17-8-6-16(7-9-17)22-13-15(12-19(22)23)20(24)21-11-10-14-4-2-3-5-18(14)21/h2-9,15H,10-13H2,1H3/t15-/m0/s1. The predicted octanol–water partition coefficient (Wildman–Crippen LogP) is 2.64. The number of nitrogens with zero attached hydrogens (tertiary/aromatic N) is 2. The summed E-state index contributed by atoms with van der Waals surface area (Å²) in [6, 6.07) is 15.4. The minimum atomic E-state index is -0.291. The number of fused-ring (bicyclic) bond motifs is 1. The second-order valence-electron chi connectivity index (χ2n) is 6.47. The predicted molar refractivity (Wildman–Crippen MR) is 96.0 cm³/mol. The summed E-state index contributed by atoms with van der Waals surface area (Å²) in [5, 5.41) is 0. The highest BCUT2D eigenvalue weighted by Crippen LogP contribution is 2.32. The Morgan fingerprint density at radius 3 is 2.64 bits per heavy atom. The minimum absolute atomic E-state index is 0.00370. The van der Waals surface area contributed by atoms with Crippen molar-refractivity contribution < 1.29 is 14.3 Å². The highest BCUT2D eigenvalue weighted by molar-refractivity contribution is 6.05. The lowest BCUT2D eigenvalue weighted by Crippen LogP contribution is -2.36. The van der Waals surface area contributed by atoms with Gasteiger partial charge in [-0.15, -0.1) is 0 Å². The first-order chi connectivity index (χ1) is 12.2. The van der Waals surface area contributed by atoms with Crippen molar-refractivity contribution in [3.63, 3.8) is 0 Å². The fourth-order valence-corrected chi connectivity index (χ4v) is 3.67. The van der Waals surface area contributed by atoms with Crippen molar-refractivity contribution in [3.8, 4) is 5.75 Å². The molecule has 2 aromatic rings. The first-order valence-electron chi connectivity index (χ1n) is 8.51. The molecule has 0 aliphatic carbocycles. The second-order valence-corrected chi connectivity index (χ2v) is 6.47. The van der Waals surface area contributed by atoms with Crippen LogP contribution in [0.4, 0.5) is 11.4 Å². The van der Waals surface area contributed by atoms with Crippen LogP contribution in [0.15, 0.2) is 48.5 Å². The molecule has 5 heteroatoms. The van der Waals surface area contributed by atoms with Crippen molar-refractivity contribution in [2.24, 2.45) is 5.92 Å². The van der Waals surface area contributed by atoms with E-state index in [9.17, 15) is 9.59 Å². The Morgan fingerprint density at radius 2 is 1.88 bits per heavy atom. The van der Waals surface area contributed by atoms with Crippen LogP contribution in [0.1, 0.15) is 12.0 Å². The van der Waals surface area contributed by atoms with Crippen LogP contribution in [0, 0.1) is 5.92 Å². The molecule has 2 amide bonds. The molecule has 4 rings (SSSR count).